The number of aromatic nitrogens is 2. The van der Waals surface area contributed by atoms with E-state index < -0.39 is 6.09 Å². The third-order valence-corrected chi connectivity index (χ3v) is 2.69. The van der Waals surface area contributed by atoms with Crippen LogP contribution in [0.1, 0.15) is 5.56 Å². The molecule has 7 heteroatoms. The average molecular weight is 294 g/mol. The molecule has 0 aliphatic rings. The molecule has 0 saturated heterocycles. The van der Waals surface area contributed by atoms with Crippen LogP contribution in [0.15, 0.2) is 36.7 Å². The van der Waals surface area contributed by atoms with Gasteiger partial charge in [-0.1, -0.05) is 41.9 Å². The van der Waals surface area contributed by atoms with Crippen molar-refractivity contribution in [2.24, 2.45) is 0 Å². The summed E-state index contributed by atoms with van der Waals surface area (Å²) in [6.45, 7) is 0.153. The summed E-state index contributed by atoms with van der Waals surface area (Å²) in [6.07, 6.45) is 0.575. The molecule has 1 aromatic heterocycles. The molecule has 0 bridgehead atoms. The predicted octanol–water partition coefficient (Wildman–Crippen LogP) is 2.89. The van der Waals surface area contributed by atoms with Crippen LogP contribution in [0.25, 0.3) is 0 Å². The van der Waals surface area contributed by atoms with E-state index in [0.717, 1.165) is 5.56 Å². The Morgan fingerprint density at radius 2 is 2.05 bits per heavy atom. The topological polar surface area (TPSA) is 73.3 Å². The Balaban J connectivity index is 1.98. The fourth-order valence-electron chi connectivity index (χ4n) is 1.47. The molecular weight excluding hydrogens is 282 g/mol. The van der Waals surface area contributed by atoms with Crippen molar-refractivity contribution in [3.05, 3.63) is 47.4 Å². The fraction of sp³-hybridized carbons (Fsp3) is 0.154. The van der Waals surface area contributed by atoms with E-state index in [-0.39, 0.29) is 23.3 Å². The number of hydrogen-bond donors (Lipinski definition) is 1. The molecule has 2 aromatic rings. The molecule has 0 atom stereocenters. The zero-order valence-corrected chi connectivity index (χ0v) is 11.4. The van der Waals surface area contributed by atoms with Crippen LogP contribution in [0.4, 0.5) is 10.5 Å². The van der Waals surface area contributed by atoms with Crippen LogP contribution in [-0.4, -0.2) is 23.2 Å². The molecule has 6 nitrogen and oxygen atoms in total. The normalized spacial score (nSPS) is 9.90. The van der Waals surface area contributed by atoms with Gasteiger partial charge in [-0.3, -0.25) is 5.32 Å². The third-order valence-electron chi connectivity index (χ3n) is 2.40. The molecule has 0 fully saturated rings. The van der Waals surface area contributed by atoms with E-state index in [1.807, 2.05) is 30.3 Å². The van der Waals surface area contributed by atoms with Gasteiger partial charge in [-0.15, -0.1) is 0 Å². The van der Waals surface area contributed by atoms with Crippen LogP contribution in [0.3, 0.4) is 0 Å². The largest absolute Gasteiger partial charge is 0.479 e. The van der Waals surface area contributed by atoms with Crippen LogP contribution >= 0.6 is 11.6 Å². The van der Waals surface area contributed by atoms with E-state index in [9.17, 15) is 4.79 Å². The molecule has 0 aliphatic heterocycles. The number of nitrogens with one attached hydrogen (secondary N) is 1. The molecule has 2 rings (SSSR count). The van der Waals surface area contributed by atoms with E-state index in [1.54, 1.807) is 0 Å². The summed E-state index contributed by atoms with van der Waals surface area (Å²) in [5, 5.41) is 2.53. The third kappa shape index (κ3) is 3.58. The maximum Gasteiger partial charge on any atom is 0.412 e. The number of ether oxygens (including phenoxy) is 2. The Labute approximate surface area is 120 Å². The second-order valence-electron chi connectivity index (χ2n) is 3.74. The molecule has 0 radical (unpaired) electrons. The van der Waals surface area contributed by atoms with Crippen molar-refractivity contribution in [3.63, 3.8) is 0 Å². The number of halogens is 1. The van der Waals surface area contributed by atoms with Gasteiger partial charge in [0, 0.05) is 0 Å². The van der Waals surface area contributed by atoms with Crippen LogP contribution in [0, 0.1) is 0 Å². The van der Waals surface area contributed by atoms with Crippen molar-refractivity contribution < 1.29 is 14.3 Å². The summed E-state index contributed by atoms with van der Waals surface area (Å²) in [4.78, 5) is 19.3. The molecule has 104 valence electrons. The van der Waals surface area contributed by atoms with Gasteiger partial charge in [0.15, 0.2) is 5.15 Å². The number of amides is 1. The standard InChI is InChI=1S/C13H12ClN3O3/c1-19-12-10(11(14)15-8-16-12)17-13(18)20-7-9-5-3-2-4-6-9/h2-6,8H,7H2,1H3,(H,17,18). The van der Waals surface area contributed by atoms with Crippen LogP contribution in [0.5, 0.6) is 5.88 Å². The number of rotatable bonds is 4. The first-order valence-corrected chi connectivity index (χ1v) is 6.10. The second-order valence-corrected chi connectivity index (χ2v) is 4.09. The number of carbonyl (C=O) groups is 1. The lowest BCUT2D eigenvalue weighted by atomic mass is 10.2. The minimum absolute atomic E-state index is 0.0773. The molecule has 1 aromatic carbocycles. The Bertz CT molecular complexity index is 593. The SMILES string of the molecule is COc1ncnc(Cl)c1NC(=O)OCc1ccccc1. The van der Waals surface area contributed by atoms with Gasteiger partial charge in [0.1, 0.15) is 18.6 Å². The molecule has 0 saturated carbocycles. The average Bonchev–Trinajstić information content (AvgIpc) is 2.48. The summed E-state index contributed by atoms with van der Waals surface area (Å²) in [6, 6.07) is 9.32. The maximum absolute atomic E-state index is 11.7. The molecule has 0 spiro atoms. The number of nitrogens with zero attached hydrogens (tertiary/aromatic N) is 2. The van der Waals surface area contributed by atoms with Crippen molar-refractivity contribution in [1.82, 2.24) is 9.97 Å². The van der Waals surface area contributed by atoms with Crippen molar-refractivity contribution in [3.8, 4) is 5.88 Å². The summed E-state index contributed by atoms with van der Waals surface area (Å²) in [7, 11) is 1.42. The van der Waals surface area contributed by atoms with Crippen LogP contribution < -0.4 is 10.1 Å². The molecule has 1 heterocycles. The number of carbonyl (C=O) groups excluding carboxylic acids is 1. The first kappa shape index (κ1) is 14.1. The van der Waals surface area contributed by atoms with Crippen molar-refractivity contribution in [2.45, 2.75) is 6.61 Å². The van der Waals surface area contributed by atoms with Crippen LogP contribution in [0.2, 0.25) is 5.15 Å². The molecular formula is C13H12ClN3O3. The molecule has 1 amide bonds. The predicted molar refractivity (Wildman–Crippen MR) is 73.8 cm³/mol. The number of benzene rings is 1. The lowest BCUT2D eigenvalue weighted by molar-refractivity contribution is 0.155. The van der Waals surface area contributed by atoms with Gasteiger partial charge in [0.2, 0.25) is 5.88 Å². The highest BCUT2D eigenvalue weighted by molar-refractivity contribution is 6.32. The smallest absolute Gasteiger partial charge is 0.412 e. The van der Waals surface area contributed by atoms with Gasteiger partial charge in [0.25, 0.3) is 0 Å². The summed E-state index contributed by atoms with van der Waals surface area (Å²) in [5.41, 5.74) is 1.06. The summed E-state index contributed by atoms with van der Waals surface area (Å²) < 4.78 is 10.1. The molecule has 20 heavy (non-hydrogen) atoms. The highest BCUT2D eigenvalue weighted by Crippen LogP contribution is 2.27. The van der Waals surface area contributed by atoms with Crippen molar-refractivity contribution in [2.75, 3.05) is 12.4 Å². The molecule has 1 N–H and O–H groups in total. The zero-order valence-electron chi connectivity index (χ0n) is 10.7. The van der Waals surface area contributed by atoms with E-state index in [0.29, 0.717) is 0 Å². The fourth-order valence-corrected chi connectivity index (χ4v) is 1.64. The Morgan fingerprint density at radius 1 is 1.30 bits per heavy atom. The van der Waals surface area contributed by atoms with E-state index in [1.165, 1.54) is 13.4 Å². The highest BCUT2D eigenvalue weighted by Gasteiger charge is 2.14. The van der Waals surface area contributed by atoms with Gasteiger partial charge >= 0.3 is 6.09 Å². The quantitative estimate of drug-likeness (QED) is 0.877. The Kier molecular flexibility index (Phi) is 4.73. The van der Waals surface area contributed by atoms with Gasteiger partial charge < -0.3 is 9.47 Å². The number of anilines is 1. The van der Waals surface area contributed by atoms with Gasteiger partial charge in [-0.05, 0) is 5.56 Å². The maximum atomic E-state index is 11.7. The minimum Gasteiger partial charge on any atom is -0.479 e. The zero-order chi connectivity index (χ0) is 14.4. The van der Waals surface area contributed by atoms with Crippen molar-refractivity contribution in [1.29, 1.82) is 0 Å². The van der Waals surface area contributed by atoms with Gasteiger partial charge in [-0.2, -0.15) is 4.98 Å². The van der Waals surface area contributed by atoms with Crippen molar-refractivity contribution >= 4 is 23.4 Å². The molecule has 0 unspecified atom stereocenters. The first-order valence-electron chi connectivity index (χ1n) is 5.73. The van der Waals surface area contributed by atoms with Crippen LogP contribution in [-0.2, 0) is 11.3 Å². The first-order chi connectivity index (χ1) is 9.70. The van der Waals surface area contributed by atoms with E-state index in [2.05, 4.69) is 15.3 Å². The lowest BCUT2D eigenvalue weighted by Crippen LogP contribution is -2.15. The monoisotopic (exact) mass is 293 g/mol. The lowest BCUT2D eigenvalue weighted by Gasteiger charge is -2.10. The number of methoxy groups -OCH3 is 1. The second kappa shape index (κ2) is 6.72. The Morgan fingerprint density at radius 3 is 2.75 bits per heavy atom. The minimum atomic E-state index is -0.663. The van der Waals surface area contributed by atoms with Gasteiger partial charge in [-0.25, -0.2) is 9.78 Å². The molecule has 0 aliphatic carbocycles. The van der Waals surface area contributed by atoms with E-state index >= 15 is 0 Å². The Hall–Kier alpha value is -2.34. The number of hydrogen-bond acceptors (Lipinski definition) is 5. The summed E-state index contributed by atoms with van der Waals surface area (Å²) >= 11 is 5.87. The van der Waals surface area contributed by atoms with Gasteiger partial charge in [0.05, 0.1) is 7.11 Å². The van der Waals surface area contributed by atoms with E-state index in [4.69, 9.17) is 21.1 Å². The highest BCUT2D eigenvalue weighted by atomic mass is 35.5. The summed E-state index contributed by atoms with van der Waals surface area (Å²) in [5.74, 6) is 0.168.